The summed E-state index contributed by atoms with van der Waals surface area (Å²) in [5, 5.41) is 0. The Hall–Kier alpha value is -5.49. The van der Waals surface area contributed by atoms with Crippen LogP contribution in [0.25, 0.3) is 33.4 Å². The number of hydrogen-bond donors (Lipinski definition) is 0. The fourth-order valence-electron chi connectivity index (χ4n) is 5.38. The normalized spacial score (nSPS) is 15.6. The molecule has 0 radical (unpaired) electrons. The van der Waals surface area contributed by atoms with Crippen molar-refractivity contribution in [2.45, 2.75) is 0 Å². The van der Waals surface area contributed by atoms with Gasteiger partial charge in [-0.05, 0) is 106 Å². The third-order valence-electron chi connectivity index (χ3n) is 7.54. The van der Waals surface area contributed by atoms with Gasteiger partial charge in [-0.2, -0.15) is 0 Å². The first-order chi connectivity index (χ1) is 20.8. The lowest BCUT2D eigenvalue weighted by Gasteiger charge is -2.22. The second kappa shape index (κ2) is 11.6. The summed E-state index contributed by atoms with van der Waals surface area (Å²) in [6.45, 7) is 1.86. The minimum Gasteiger partial charge on any atom is -0.328 e. The zero-order valence-electron chi connectivity index (χ0n) is 23.2. The Balaban J connectivity index is 1.33. The van der Waals surface area contributed by atoms with Gasteiger partial charge in [-0.25, -0.2) is 0 Å². The van der Waals surface area contributed by atoms with Crippen LogP contribution >= 0.6 is 0 Å². The minimum absolute atomic E-state index is 0.620. The summed E-state index contributed by atoms with van der Waals surface area (Å²) in [6, 6.07) is 32.9. The highest BCUT2D eigenvalue weighted by molar-refractivity contribution is 5.85. The summed E-state index contributed by atoms with van der Waals surface area (Å²) in [4.78, 5) is 19.7. The van der Waals surface area contributed by atoms with E-state index in [1.807, 2.05) is 36.9 Å². The molecule has 0 atom stereocenters. The van der Waals surface area contributed by atoms with Crippen LogP contribution in [0.1, 0.15) is 0 Å². The van der Waals surface area contributed by atoms with Gasteiger partial charge in [0.15, 0.2) is 0 Å². The summed E-state index contributed by atoms with van der Waals surface area (Å²) in [5.41, 5.74) is 10.3. The largest absolute Gasteiger partial charge is 0.328 e. The van der Waals surface area contributed by atoms with E-state index in [4.69, 9.17) is 0 Å². The fraction of sp³-hybridized carbons (Fsp3) is 0.0833. The van der Waals surface area contributed by atoms with E-state index < -0.39 is 0 Å². The van der Waals surface area contributed by atoms with Crippen molar-refractivity contribution in [1.29, 1.82) is 0 Å². The highest BCUT2D eigenvalue weighted by Crippen LogP contribution is 2.36. The third kappa shape index (κ3) is 5.43. The molecule has 42 heavy (non-hydrogen) atoms. The van der Waals surface area contributed by atoms with Gasteiger partial charge in [0.1, 0.15) is 20.0 Å². The highest BCUT2D eigenvalue weighted by Gasteiger charge is 2.13. The lowest BCUT2D eigenvalue weighted by Crippen LogP contribution is -2.18. The van der Waals surface area contributed by atoms with Gasteiger partial charge in [-0.15, -0.1) is 0 Å². The average Bonchev–Trinajstić information content (AvgIpc) is 3.09. The van der Waals surface area contributed by atoms with E-state index in [0.717, 1.165) is 50.4 Å². The lowest BCUT2D eigenvalue weighted by atomic mass is 9.92. The maximum Gasteiger partial charge on any atom is 0.114 e. The third-order valence-corrected chi connectivity index (χ3v) is 7.54. The second-order valence-electron chi connectivity index (χ2n) is 10.3. The van der Waals surface area contributed by atoms with E-state index in [1.165, 1.54) is 0 Å². The number of aliphatic imine (C=N–C) groups is 3. The molecule has 4 aromatic carbocycles. The topological polar surface area (TPSA) is 46.8 Å². The Labute approximate surface area is 246 Å². The van der Waals surface area contributed by atoms with Gasteiger partial charge in [0, 0.05) is 54.3 Å². The predicted octanol–water partition coefficient (Wildman–Crippen LogP) is 7.77. The molecule has 0 unspecified atom stereocenters. The quantitative estimate of drug-likeness (QED) is 0.248. The van der Waals surface area contributed by atoms with Crippen molar-refractivity contribution in [1.82, 2.24) is 0 Å². The van der Waals surface area contributed by atoms with E-state index in [0.29, 0.717) is 20.0 Å². The van der Waals surface area contributed by atoms with Crippen LogP contribution in [0.5, 0.6) is 0 Å². The van der Waals surface area contributed by atoms with Crippen LogP contribution in [-0.4, -0.2) is 38.6 Å². The van der Waals surface area contributed by atoms with Crippen LogP contribution in [-0.2, 0) is 0 Å². The van der Waals surface area contributed by atoms with Gasteiger partial charge in [-0.1, -0.05) is 36.4 Å². The van der Waals surface area contributed by atoms with Crippen molar-refractivity contribution in [2.24, 2.45) is 15.0 Å². The van der Waals surface area contributed by atoms with Crippen molar-refractivity contribution in [3.05, 3.63) is 128 Å². The fourth-order valence-corrected chi connectivity index (χ4v) is 5.38. The molecule has 0 aromatic heterocycles. The molecule has 3 aliphatic rings. The Kier molecular flexibility index (Phi) is 7.01. The Morgan fingerprint density at radius 1 is 0.381 bits per heavy atom. The number of benzene rings is 4. The van der Waals surface area contributed by atoms with Crippen molar-refractivity contribution < 1.29 is 0 Å². The van der Waals surface area contributed by atoms with E-state index in [-0.39, 0.29) is 0 Å². The van der Waals surface area contributed by atoms with Crippen LogP contribution in [0.3, 0.4) is 0 Å². The van der Waals surface area contributed by atoms with Crippen molar-refractivity contribution >= 4 is 35.7 Å². The standard InChI is InChI=1S/C36H30N6/c1-7-28(22-34(10-1)40-16-4-13-37-25-40)31-19-32(29-8-2-11-35(23-29)41-17-5-14-38-26-41)21-33(20-31)30-9-3-12-36(24-30)42-18-6-15-39-27-42/h1-24H,25-27H2. The van der Waals surface area contributed by atoms with Crippen LogP contribution < -0.4 is 14.7 Å². The average molecular weight is 547 g/mol. The molecule has 0 fully saturated rings. The Morgan fingerprint density at radius 3 is 1.00 bits per heavy atom. The second-order valence-corrected chi connectivity index (χ2v) is 10.3. The SMILES string of the molecule is C1=CN(c2cccc(-c3cc(-c4cccc(N5C=CC=NC5)c4)cc(-c4cccc(N5C=CC=NC5)c4)c3)c2)CN=C1. The van der Waals surface area contributed by atoms with E-state index in [2.05, 4.69) is 139 Å². The monoisotopic (exact) mass is 546 g/mol. The first-order valence-electron chi connectivity index (χ1n) is 14.1. The molecule has 0 amide bonds. The van der Waals surface area contributed by atoms with Crippen molar-refractivity contribution in [3.63, 3.8) is 0 Å². The molecule has 6 nitrogen and oxygen atoms in total. The summed E-state index contributed by atoms with van der Waals surface area (Å²) in [5.74, 6) is 0. The minimum atomic E-state index is 0.620. The van der Waals surface area contributed by atoms with Gasteiger partial charge < -0.3 is 14.7 Å². The molecule has 0 bridgehead atoms. The zero-order chi connectivity index (χ0) is 28.1. The molecule has 0 saturated carbocycles. The van der Waals surface area contributed by atoms with Gasteiger partial charge in [-0.3, -0.25) is 15.0 Å². The maximum atomic E-state index is 4.42. The molecular weight excluding hydrogens is 516 g/mol. The number of anilines is 3. The molecule has 0 spiro atoms. The molecule has 3 aliphatic heterocycles. The van der Waals surface area contributed by atoms with Crippen LogP contribution in [0.2, 0.25) is 0 Å². The molecule has 7 rings (SSSR count). The van der Waals surface area contributed by atoms with Crippen LogP contribution in [0, 0.1) is 0 Å². The molecule has 3 heterocycles. The molecule has 4 aromatic rings. The molecule has 204 valence electrons. The first kappa shape index (κ1) is 25.5. The molecule has 0 aliphatic carbocycles. The van der Waals surface area contributed by atoms with E-state index in [9.17, 15) is 0 Å². The van der Waals surface area contributed by atoms with Crippen LogP contribution in [0.4, 0.5) is 17.1 Å². The predicted molar refractivity (Wildman–Crippen MR) is 178 cm³/mol. The summed E-state index contributed by atoms with van der Waals surface area (Å²) in [6.07, 6.45) is 17.7. The highest BCUT2D eigenvalue weighted by atomic mass is 15.2. The Bertz CT molecular complexity index is 1570. The maximum absolute atomic E-state index is 4.42. The van der Waals surface area contributed by atoms with Crippen molar-refractivity contribution in [3.8, 4) is 33.4 Å². The number of rotatable bonds is 6. The van der Waals surface area contributed by atoms with E-state index >= 15 is 0 Å². The summed E-state index contributed by atoms with van der Waals surface area (Å²) >= 11 is 0. The first-order valence-corrected chi connectivity index (χ1v) is 14.1. The Morgan fingerprint density at radius 2 is 0.714 bits per heavy atom. The van der Waals surface area contributed by atoms with Gasteiger partial charge in [0.05, 0.1) is 0 Å². The molecule has 0 saturated heterocycles. The van der Waals surface area contributed by atoms with E-state index in [1.54, 1.807) is 0 Å². The van der Waals surface area contributed by atoms with Gasteiger partial charge in [0.25, 0.3) is 0 Å². The summed E-state index contributed by atoms with van der Waals surface area (Å²) in [7, 11) is 0. The smallest absolute Gasteiger partial charge is 0.114 e. The van der Waals surface area contributed by atoms with Gasteiger partial charge in [0.2, 0.25) is 0 Å². The number of hydrogen-bond acceptors (Lipinski definition) is 6. The molecule has 0 N–H and O–H groups in total. The number of nitrogens with zero attached hydrogens (tertiary/aromatic N) is 6. The van der Waals surface area contributed by atoms with Crippen LogP contribution in [0.15, 0.2) is 143 Å². The number of allylic oxidation sites excluding steroid dienone is 3. The van der Waals surface area contributed by atoms with Gasteiger partial charge >= 0.3 is 0 Å². The molecule has 6 heteroatoms. The summed E-state index contributed by atoms with van der Waals surface area (Å²) < 4.78 is 0. The lowest BCUT2D eigenvalue weighted by molar-refractivity contribution is 0.970. The van der Waals surface area contributed by atoms with Crippen molar-refractivity contribution in [2.75, 3.05) is 34.7 Å². The molecular formula is C36H30N6. The zero-order valence-corrected chi connectivity index (χ0v) is 23.2.